The Hall–Kier alpha value is -0.860. The van der Waals surface area contributed by atoms with Crippen LogP contribution in [0.3, 0.4) is 0 Å². The summed E-state index contributed by atoms with van der Waals surface area (Å²) in [6, 6.07) is 8.76. The van der Waals surface area contributed by atoms with E-state index in [2.05, 4.69) is 39.5 Å². The van der Waals surface area contributed by atoms with Crippen LogP contribution in [0.1, 0.15) is 30.9 Å². The molecule has 0 bridgehead atoms. The molecular weight excluding hydrogens is 415 g/mol. The standard InChI is InChI=1S/C18H30N4O.HI/c1-2-23-14-6-11-21-18(19)20-10-5-12-22-13-9-16-7-3-4-8-17(16)15-22;/h3-4,7-8H,2,5-6,9-15H2,1H3,(H3,19,20,21);1H. The molecule has 0 spiro atoms. The third-order valence-corrected chi connectivity index (χ3v) is 4.10. The average Bonchev–Trinajstić information content (AvgIpc) is 2.58. The third kappa shape index (κ3) is 7.81. The number of hydrogen-bond acceptors (Lipinski definition) is 3. The number of rotatable bonds is 9. The lowest BCUT2D eigenvalue weighted by Gasteiger charge is -2.28. The summed E-state index contributed by atoms with van der Waals surface area (Å²) in [7, 11) is 0. The van der Waals surface area contributed by atoms with E-state index in [9.17, 15) is 0 Å². The van der Waals surface area contributed by atoms with E-state index in [1.165, 1.54) is 11.1 Å². The van der Waals surface area contributed by atoms with Crippen LogP contribution in [0.4, 0.5) is 0 Å². The molecule has 1 aromatic rings. The molecule has 0 aliphatic carbocycles. The zero-order valence-corrected chi connectivity index (χ0v) is 17.0. The summed E-state index contributed by atoms with van der Waals surface area (Å²) in [6.45, 7) is 8.43. The SMILES string of the molecule is CCOCCCN=C(N)NCCCN1CCc2ccccc2C1.I. The topological polar surface area (TPSA) is 62.9 Å². The van der Waals surface area contributed by atoms with Crippen molar-refractivity contribution in [3.63, 3.8) is 0 Å². The normalized spacial score (nSPS) is 14.8. The first-order chi connectivity index (χ1) is 11.3. The van der Waals surface area contributed by atoms with Gasteiger partial charge in [-0.05, 0) is 37.3 Å². The molecule has 0 atom stereocenters. The van der Waals surface area contributed by atoms with Crippen LogP contribution in [0.25, 0.3) is 0 Å². The predicted octanol–water partition coefficient (Wildman–Crippen LogP) is 2.38. The molecule has 0 radical (unpaired) electrons. The Kier molecular flexibility index (Phi) is 11.0. The highest BCUT2D eigenvalue weighted by molar-refractivity contribution is 14.0. The molecule has 2 rings (SSSR count). The van der Waals surface area contributed by atoms with Gasteiger partial charge in [-0.25, -0.2) is 0 Å². The highest BCUT2D eigenvalue weighted by Crippen LogP contribution is 2.18. The number of nitrogens with zero attached hydrogens (tertiary/aromatic N) is 2. The number of fused-ring (bicyclic) bond motifs is 1. The molecule has 0 fully saturated rings. The van der Waals surface area contributed by atoms with Gasteiger partial charge in [0.15, 0.2) is 5.96 Å². The van der Waals surface area contributed by atoms with Gasteiger partial charge >= 0.3 is 0 Å². The van der Waals surface area contributed by atoms with Crippen LogP contribution in [-0.4, -0.2) is 50.3 Å². The molecular formula is C18H31IN4O. The van der Waals surface area contributed by atoms with Crippen LogP contribution in [0, 0.1) is 0 Å². The van der Waals surface area contributed by atoms with Crippen molar-refractivity contribution in [3.8, 4) is 0 Å². The molecule has 24 heavy (non-hydrogen) atoms. The summed E-state index contributed by atoms with van der Waals surface area (Å²) < 4.78 is 5.27. The number of hydrogen-bond donors (Lipinski definition) is 2. The van der Waals surface area contributed by atoms with E-state index in [0.29, 0.717) is 5.96 Å². The molecule has 3 N–H and O–H groups in total. The highest BCUT2D eigenvalue weighted by Gasteiger charge is 2.14. The minimum absolute atomic E-state index is 0. The first-order valence-electron chi connectivity index (χ1n) is 8.70. The lowest BCUT2D eigenvalue weighted by Crippen LogP contribution is -2.36. The van der Waals surface area contributed by atoms with Crippen LogP contribution in [0.5, 0.6) is 0 Å². The lowest BCUT2D eigenvalue weighted by molar-refractivity contribution is 0.146. The number of nitrogens with one attached hydrogen (secondary N) is 1. The Morgan fingerprint density at radius 3 is 2.88 bits per heavy atom. The summed E-state index contributed by atoms with van der Waals surface area (Å²) in [5, 5.41) is 3.19. The van der Waals surface area contributed by atoms with Crippen molar-refractivity contribution in [2.24, 2.45) is 10.7 Å². The maximum atomic E-state index is 5.86. The fraction of sp³-hybridized carbons (Fsp3) is 0.611. The number of halogens is 1. The van der Waals surface area contributed by atoms with Gasteiger partial charge in [-0.2, -0.15) is 0 Å². The molecule has 0 saturated heterocycles. The van der Waals surface area contributed by atoms with Crippen molar-refractivity contribution in [1.82, 2.24) is 10.2 Å². The molecule has 0 aromatic heterocycles. The Bertz CT molecular complexity index is 496. The van der Waals surface area contributed by atoms with E-state index in [4.69, 9.17) is 10.5 Å². The largest absolute Gasteiger partial charge is 0.382 e. The first kappa shape index (κ1) is 21.2. The Morgan fingerprint density at radius 1 is 1.29 bits per heavy atom. The fourth-order valence-electron chi connectivity index (χ4n) is 2.83. The van der Waals surface area contributed by atoms with E-state index in [-0.39, 0.29) is 24.0 Å². The molecule has 1 aliphatic heterocycles. The number of ether oxygens (including phenoxy) is 1. The second kappa shape index (κ2) is 12.5. The molecule has 1 heterocycles. The van der Waals surface area contributed by atoms with Gasteiger partial charge in [0.05, 0.1) is 0 Å². The molecule has 0 unspecified atom stereocenters. The quantitative estimate of drug-likeness (QED) is 0.265. The van der Waals surface area contributed by atoms with Crippen molar-refractivity contribution >= 4 is 29.9 Å². The van der Waals surface area contributed by atoms with E-state index in [1.807, 2.05) is 6.92 Å². The lowest BCUT2D eigenvalue weighted by atomic mass is 10.00. The van der Waals surface area contributed by atoms with Crippen molar-refractivity contribution in [1.29, 1.82) is 0 Å². The molecule has 1 aromatic carbocycles. The summed E-state index contributed by atoms with van der Waals surface area (Å²) >= 11 is 0. The van der Waals surface area contributed by atoms with Gasteiger partial charge in [-0.15, -0.1) is 24.0 Å². The van der Waals surface area contributed by atoms with E-state index in [0.717, 1.165) is 65.2 Å². The summed E-state index contributed by atoms with van der Waals surface area (Å²) in [4.78, 5) is 6.81. The Labute approximate surface area is 163 Å². The van der Waals surface area contributed by atoms with Crippen LogP contribution >= 0.6 is 24.0 Å². The average molecular weight is 446 g/mol. The minimum Gasteiger partial charge on any atom is -0.382 e. The fourth-order valence-corrected chi connectivity index (χ4v) is 2.83. The van der Waals surface area contributed by atoms with Gasteiger partial charge in [0.2, 0.25) is 0 Å². The van der Waals surface area contributed by atoms with Crippen LogP contribution in [-0.2, 0) is 17.7 Å². The molecule has 136 valence electrons. The predicted molar refractivity (Wildman–Crippen MR) is 111 cm³/mol. The molecule has 1 aliphatic rings. The zero-order chi connectivity index (χ0) is 16.3. The second-order valence-electron chi connectivity index (χ2n) is 5.89. The maximum Gasteiger partial charge on any atom is 0.188 e. The van der Waals surface area contributed by atoms with E-state index in [1.54, 1.807) is 0 Å². The van der Waals surface area contributed by atoms with Crippen molar-refractivity contribution in [2.75, 3.05) is 39.4 Å². The molecule has 5 nitrogen and oxygen atoms in total. The smallest absolute Gasteiger partial charge is 0.188 e. The van der Waals surface area contributed by atoms with Crippen molar-refractivity contribution in [3.05, 3.63) is 35.4 Å². The number of benzene rings is 1. The second-order valence-corrected chi connectivity index (χ2v) is 5.89. The van der Waals surface area contributed by atoms with E-state index < -0.39 is 0 Å². The number of guanidine groups is 1. The first-order valence-corrected chi connectivity index (χ1v) is 8.70. The molecule has 0 saturated carbocycles. The monoisotopic (exact) mass is 446 g/mol. The number of aliphatic imine (C=N–C) groups is 1. The molecule has 0 amide bonds. The maximum absolute atomic E-state index is 5.86. The van der Waals surface area contributed by atoms with Gasteiger partial charge in [0, 0.05) is 45.9 Å². The Balaban J connectivity index is 0.00000288. The highest BCUT2D eigenvalue weighted by atomic mass is 127. The van der Waals surface area contributed by atoms with Crippen molar-refractivity contribution < 1.29 is 4.74 Å². The van der Waals surface area contributed by atoms with E-state index >= 15 is 0 Å². The van der Waals surface area contributed by atoms with Crippen LogP contribution in [0.15, 0.2) is 29.3 Å². The minimum atomic E-state index is 0. The van der Waals surface area contributed by atoms with Gasteiger partial charge in [-0.3, -0.25) is 9.89 Å². The van der Waals surface area contributed by atoms with Gasteiger partial charge in [0.25, 0.3) is 0 Å². The summed E-state index contributed by atoms with van der Waals surface area (Å²) in [5.74, 6) is 0.547. The van der Waals surface area contributed by atoms with Gasteiger partial charge < -0.3 is 15.8 Å². The van der Waals surface area contributed by atoms with Gasteiger partial charge in [0.1, 0.15) is 0 Å². The zero-order valence-electron chi connectivity index (χ0n) is 14.7. The summed E-state index contributed by atoms with van der Waals surface area (Å²) in [6.07, 6.45) is 3.16. The Morgan fingerprint density at radius 2 is 2.08 bits per heavy atom. The van der Waals surface area contributed by atoms with Crippen LogP contribution < -0.4 is 11.1 Å². The molecule has 6 heteroatoms. The third-order valence-electron chi connectivity index (χ3n) is 4.10. The van der Waals surface area contributed by atoms with Crippen LogP contribution in [0.2, 0.25) is 0 Å². The van der Waals surface area contributed by atoms with Crippen molar-refractivity contribution in [2.45, 2.75) is 32.7 Å². The van der Waals surface area contributed by atoms with Gasteiger partial charge in [-0.1, -0.05) is 24.3 Å². The number of nitrogens with two attached hydrogens (primary N) is 1. The summed E-state index contributed by atoms with van der Waals surface area (Å²) in [5.41, 5.74) is 8.83.